The lowest BCUT2D eigenvalue weighted by Crippen LogP contribution is -2.45. The third-order valence-electron chi connectivity index (χ3n) is 2.76. The largest absolute Gasteiger partial charge is 0.389 e. The summed E-state index contributed by atoms with van der Waals surface area (Å²) >= 11 is 0. The monoisotopic (exact) mass is 207 g/mol. The van der Waals surface area contributed by atoms with Crippen molar-refractivity contribution >= 4 is 0 Å². The summed E-state index contributed by atoms with van der Waals surface area (Å²) in [6.07, 6.45) is 7.10. The van der Waals surface area contributed by atoms with Crippen molar-refractivity contribution in [3.63, 3.8) is 0 Å². The Morgan fingerprint density at radius 1 is 1.53 bits per heavy atom. The minimum absolute atomic E-state index is 0.541. The van der Waals surface area contributed by atoms with Gasteiger partial charge in [0, 0.05) is 31.7 Å². The fraction of sp³-hybridized carbons (Fsp3) is 0.636. The van der Waals surface area contributed by atoms with Crippen LogP contribution in [0.25, 0.3) is 0 Å². The Labute approximate surface area is 90.0 Å². The van der Waals surface area contributed by atoms with E-state index in [-0.39, 0.29) is 0 Å². The molecule has 4 heteroatoms. The molecule has 0 aliphatic carbocycles. The van der Waals surface area contributed by atoms with Gasteiger partial charge in [0.1, 0.15) is 0 Å². The zero-order chi connectivity index (χ0) is 10.7. The van der Waals surface area contributed by atoms with Crippen LogP contribution in [0.3, 0.4) is 0 Å². The molecule has 82 valence electrons. The van der Waals surface area contributed by atoms with Crippen LogP contribution in [-0.4, -0.2) is 38.7 Å². The van der Waals surface area contributed by atoms with E-state index in [4.69, 9.17) is 0 Å². The molecule has 1 aromatic rings. The molecule has 1 atom stereocenters. The van der Waals surface area contributed by atoms with E-state index in [2.05, 4.69) is 14.9 Å². The summed E-state index contributed by atoms with van der Waals surface area (Å²) in [4.78, 5) is 10.5. The Bertz CT molecular complexity index is 313. The number of β-amino-alcohol motifs (C(OH)–C–C–N with tert-alkyl or cyclic N) is 1. The fourth-order valence-corrected chi connectivity index (χ4v) is 2.10. The first kappa shape index (κ1) is 10.5. The number of nitrogens with zero attached hydrogens (tertiary/aromatic N) is 3. The van der Waals surface area contributed by atoms with E-state index in [1.807, 2.05) is 6.92 Å². The molecule has 0 aromatic carbocycles. The molecule has 0 amide bonds. The van der Waals surface area contributed by atoms with Gasteiger partial charge >= 0.3 is 0 Å². The smallest absolute Gasteiger partial charge is 0.0746 e. The Balaban J connectivity index is 1.95. The first-order chi connectivity index (χ1) is 7.16. The van der Waals surface area contributed by atoms with E-state index in [1.165, 1.54) is 0 Å². The number of piperidine rings is 1. The van der Waals surface area contributed by atoms with Crippen LogP contribution in [-0.2, 0) is 6.54 Å². The minimum atomic E-state index is -0.541. The number of likely N-dealkylation sites (tertiary alicyclic amines) is 1. The summed E-state index contributed by atoms with van der Waals surface area (Å²) < 4.78 is 0. The van der Waals surface area contributed by atoms with Crippen molar-refractivity contribution in [1.82, 2.24) is 14.9 Å². The van der Waals surface area contributed by atoms with Crippen molar-refractivity contribution in [3.05, 3.63) is 24.3 Å². The van der Waals surface area contributed by atoms with Crippen molar-refractivity contribution in [3.8, 4) is 0 Å². The molecule has 1 aliphatic heterocycles. The SMILES string of the molecule is CC1(O)CCCN(Cc2cnccn2)C1. The predicted molar refractivity (Wildman–Crippen MR) is 57.2 cm³/mol. The number of hydrogen-bond acceptors (Lipinski definition) is 4. The van der Waals surface area contributed by atoms with Gasteiger partial charge in [-0.2, -0.15) is 0 Å². The Morgan fingerprint density at radius 3 is 3.07 bits per heavy atom. The third kappa shape index (κ3) is 2.97. The van der Waals surface area contributed by atoms with Gasteiger partial charge in [0.2, 0.25) is 0 Å². The van der Waals surface area contributed by atoms with E-state index < -0.39 is 5.60 Å². The van der Waals surface area contributed by atoms with Gasteiger partial charge < -0.3 is 5.11 Å². The molecule has 1 saturated heterocycles. The van der Waals surface area contributed by atoms with Crippen molar-refractivity contribution in [2.75, 3.05) is 13.1 Å². The molecule has 1 N–H and O–H groups in total. The van der Waals surface area contributed by atoms with Crippen LogP contribution in [0.2, 0.25) is 0 Å². The number of rotatable bonds is 2. The summed E-state index contributed by atoms with van der Waals surface area (Å²) in [5.74, 6) is 0. The van der Waals surface area contributed by atoms with Gasteiger partial charge in [0.15, 0.2) is 0 Å². The molecule has 1 fully saturated rings. The quantitative estimate of drug-likeness (QED) is 0.780. The summed E-state index contributed by atoms with van der Waals surface area (Å²) in [7, 11) is 0. The topological polar surface area (TPSA) is 49.2 Å². The van der Waals surface area contributed by atoms with E-state index in [1.54, 1.807) is 18.6 Å². The maximum atomic E-state index is 9.95. The van der Waals surface area contributed by atoms with Crippen LogP contribution in [0, 0.1) is 0 Å². The van der Waals surface area contributed by atoms with Crippen molar-refractivity contribution in [2.24, 2.45) is 0 Å². The average molecular weight is 207 g/mol. The summed E-state index contributed by atoms with van der Waals surface area (Å²) in [5, 5.41) is 9.95. The highest BCUT2D eigenvalue weighted by atomic mass is 16.3. The van der Waals surface area contributed by atoms with Crippen molar-refractivity contribution in [2.45, 2.75) is 31.9 Å². The Morgan fingerprint density at radius 2 is 2.40 bits per heavy atom. The molecular weight excluding hydrogens is 190 g/mol. The van der Waals surface area contributed by atoms with Crippen LogP contribution in [0.15, 0.2) is 18.6 Å². The molecule has 0 bridgehead atoms. The Hall–Kier alpha value is -1.00. The maximum absolute atomic E-state index is 9.95. The lowest BCUT2D eigenvalue weighted by Gasteiger charge is -2.36. The van der Waals surface area contributed by atoms with E-state index >= 15 is 0 Å². The summed E-state index contributed by atoms with van der Waals surface area (Å²) in [5.41, 5.74) is 0.427. The van der Waals surface area contributed by atoms with E-state index in [9.17, 15) is 5.11 Å². The van der Waals surface area contributed by atoms with Gasteiger partial charge in [0.25, 0.3) is 0 Å². The second kappa shape index (κ2) is 4.24. The second-order valence-electron chi connectivity index (χ2n) is 4.51. The lowest BCUT2D eigenvalue weighted by atomic mass is 9.95. The molecule has 4 nitrogen and oxygen atoms in total. The highest BCUT2D eigenvalue weighted by molar-refractivity contribution is 4.96. The first-order valence-electron chi connectivity index (χ1n) is 5.35. The predicted octanol–water partition coefficient (Wildman–Crippen LogP) is 0.823. The molecule has 0 spiro atoms. The van der Waals surface area contributed by atoms with Gasteiger partial charge in [-0.1, -0.05) is 0 Å². The lowest BCUT2D eigenvalue weighted by molar-refractivity contribution is -0.0185. The van der Waals surface area contributed by atoms with E-state index in [0.29, 0.717) is 0 Å². The van der Waals surface area contributed by atoms with Gasteiger partial charge in [-0.05, 0) is 26.3 Å². The standard InChI is InChI=1S/C11H17N3O/c1-11(15)3-2-6-14(9-11)8-10-7-12-4-5-13-10/h4-5,7,15H,2-3,6,8-9H2,1H3. The van der Waals surface area contributed by atoms with Crippen molar-refractivity contribution < 1.29 is 5.11 Å². The first-order valence-corrected chi connectivity index (χ1v) is 5.35. The van der Waals surface area contributed by atoms with Gasteiger partial charge in [-0.25, -0.2) is 0 Å². The van der Waals surface area contributed by atoms with Gasteiger partial charge in [0.05, 0.1) is 11.3 Å². The van der Waals surface area contributed by atoms with Crippen LogP contribution in [0.5, 0.6) is 0 Å². The average Bonchev–Trinajstić information content (AvgIpc) is 2.17. The molecule has 2 heterocycles. The van der Waals surface area contributed by atoms with Crippen LogP contribution < -0.4 is 0 Å². The summed E-state index contributed by atoms with van der Waals surface area (Å²) in [6, 6.07) is 0. The minimum Gasteiger partial charge on any atom is -0.389 e. The molecular formula is C11H17N3O. The van der Waals surface area contributed by atoms with E-state index in [0.717, 1.165) is 38.2 Å². The molecule has 0 radical (unpaired) electrons. The molecule has 1 aromatic heterocycles. The molecule has 0 saturated carbocycles. The van der Waals surface area contributed by atoms with Gasteiger partial charge in [-0.15, -0.1) is 0 Å². The highest BCUT2D eigenvalue weighted by Crippen LogP contribution is 2.21. The number of aromatic nitrogens is 2. The Kier molecular flexibility index (Phi) is 2.98. The van der Waals surface area contributed by atoms with Crippen LogP contribution >= 0.6 is 0 Å². The molecule has 15 heavy (non-hydrogen) atoms. The summed E-state index contributed by atoms with van der Waals surface area (Å²) in [6.45, 7) is 4.44. The fourth-order valence-electron chi connectivity index (χ4n) is 2.10. The van der Waals surface area contributed by atoms with Crippen molar-refractivity contribution in [1.29, 1.82) is 0 Å². The zero-order valence-electron chi connectivity index (χ0n) is 9.06. The number of aliphatic hydroxyl groups is 1. The second-order valence-corrected chi connectivity index (χ2v) is 4.51. The molecule has 2 rings (SSSR count). The van der Waals surface area contributed by atoms with Crippen LogP contribution in [0.1, 0.15) is 25.5 Å². The third-order valence-corrected chi connectivity index (χ3v) is 2.76. The normalized spacial score (nSPS) is 27.9. The molecule has 1 unspecified atom stereocenters. The highest BCUT2D eigenvalue weighted by Gasteiger charge is 2.28. The van der Waals surface area contributed by atoms with Gasteiger partial charge in [-0.3, -0.25) is 14.9 Å². The number of hydrogen-bond donors (Lipinski definition) is 1. The zero-order valence-corrected chi connectivity index (χ0v) is 9.06. The molecule has 1 aliphatic rings. The maximum Gasteiger partial charge on any atom is 0.0746 e. The van der Waals surface area contributed by atoms with Crippen LogP contribution in [0.4, 0.5) is 0 Å².